The summed E-state index contributed by atoms with van der Waals surface area (Å²) in [5.74, 6) is -0.900. The summed E-state index contributed by atoms with van der Waals surface area (Å²) in [4.78, 5) is 49.3. The molecule has 3 amide bonds. The van der Waals surface area contributed by atoms with Crippen LogP contribution in [-0.2, 0) is 16.1 Å². The first-order valence-electron chi connectivity index (χ1n) is 12.8. The number of rotatable bonds is 9. The summed E-state index contributed by atoms with van der Waals surface area (Å²) in [5, 5.41) is 5.25. The standard InChI is InChI=1S/C26H38N6O3/c1-6-7-8-9-10-11-14-31-15-12-13-20(16-31)25(35)32-19(5)18(4)27-22-21(32)24(34)30-26(28-22)29-23(33)17(2)3/h12-13,15-19,21H,6-11,14H2,1-5H3,(H-,27,28,29,30,33,34)/p+1. The van der Waals surface area contributed by atoms with Gasteiger partial charge in [-0.05, 0) is 26.3 Å². The molecular formula is C26H39N6O3+. The highest BCUT2D eigenvalue weighted by molar-refractivity contribution is 6.23. The van der Waals surface area contributed by atoms with Crippen molar-refractivity contribution in [1.82, 2.24) is 15.5 Å². The maximum atomic E-state index is 13.7. The van der Waals surface area contributed by atoms with Gasteiger partial charge in [0.15, 0.2) is 24.3 Å². The van der Waals surface area contributed by atoms with Gasteiger partial charge in [-0.25, -0.2) is 4.57 Å². The molecule has 0 saturated carbocycles. The number of aliphatic imine (C=N–C) groups is 2. The van der Waals surface area contributed by atoms with Crippen LogP contribution in [0, 0.1) is 5.92 Å². The molecule has 35 heavy (non-hydrogen) atoms. The second kappa shape index (κ2) is 12.0. The first kappa shape index (κ1) is 26.5. The molecule has 1 aromatic rings. The van der Waals surface area contributed by atoms with Crippen LogP contribution in [-0.4, -0.2) is 52.5 Å². The fourth-order valence-electron chi connectivity index (χ4n) is 4.27. The zero-order valence-electron chi connectivity index (χ0n) is 21.6. The van der Waals surface area contributed by atoms with Crippen LogP contribution in [0.1, 0.15) is 83.5 Å². The Labute approximate surface area is 208 Å². The summed E-state index contributed by atoms with van der Waals surface area (Å²) >= 11 is 0. The lowest BCUT2D eigenvalue weighted by Gasteiger charge is -2.42. The lowest BCUT2D eigenvalue weighted by atomic mass is 10.00. The van der Waals surface area contributed by atoms with Gasteiger partial charge in [-0.1, -0.05) is 46.5 Å². The summed E-state index contributed by atoms with van der Waals surface area (Å²) in [6.07, 6.45) is 11.1. The number of hydrogen-bond acceptors (Lipinski definition) is 5. The average Bonchev–Trinajstić information content (AvgIpc) is 2.82. The Morgan fingerprint density at radius 2 is 1.89 bits per heavy atom. The van der Waals surface area contributed by atoms with Gasteiger partial charge >= 0.3 is 0 Å². The molecule has 3 unspecified atom stereocenters. The molecule has 2 aliphatic heterocycles. The minimum Gasteiger partial charge on any atom is -0.315 e. The molecule has 0 radical (unpaired) electrons. The Balaban J connectivity index is 1.76. The van der Waals surface area contributed by atoms with Crippen LogP contribution < -0.4 is 15.2 Å². The third-order valence-corrected chi connectivity index (χ3v) is 6.59. The zero-order chi connectivity index (χ0) is 25.5. The zero-order valence-corrected chi connectivity index (χ0v) is 21.6. The first-order valence-corrected chi connectivity index (χ1v) is 12.8. The van der Waals surface area contributed by atoms with Crippen LogP contribution in [0.5, 0.6) is 0 Å². The van der Waals surface area contributed by atoms with Gasteiger partial charge in [0.1, 0.15) is 12.1 Å². The molecule has 3 heterocycles. The van der Waals surface area contributed by atoms with Crippen molar-refractivity contribution < 1.29 is 19.0 Å². The minimum absolute atomic E-state index is 0.0503. The van der Waals surface area contributed by atoms with Crippen LogP contribution in [0.4, 0.5) is 0 Å². The van der Waals surface area contributed by atoms with Crippen molar-refractivity contribution in [1.29, 1.82) is 0 Å². The fourth-order valence-corrected chi connectivity index (χ4v) is 4.27. The van der Waals surface area contributed by atoms with E-state index in [-0.39, 0.29) is 41.6 Å². The Morgan fingerprint density at radius 3 is 2.60 bits per heavy atom. The number of carbonyl (C=O) groups excluding carboxylic acids is 3. The number of hydrogen-bond donors (Lipinski definition) is 2. The number of guanidine groups is 1. The van der Waals surface area contributed by atoms with E-state index in [1.165, 1.54) is 32.1 Å². The van der Waals surface area contributed by atoms with Gasteiger partial charge < -0.3 is 4.90 Å². The summed E-state index contributed by atoms with van der Waals surface area (Å²) < 4.78 is 2.04. The molecule has 190 valence electrons. The number of fused-ring (bicyclic) bond motifs is 1. The van der Waals surface area contributed by atoms with Crippen molar-refractivity contribution >= 4 is 29.5 Å². The average molecular weight is 484 g/mol. The number of amidine groups is 1. The van der Waals surface area contributed by atoms with Crippen molar-refractivity contribution in [2.75, 3.05) is 0 Å². The third-order valence-electron chi connectivity index (χ3n) is 6.59. The lowest BCUT2D eigenvalue weighted by molar-refractivity contribution is -0.697. The summed E-state index contributed by atoms with van der Waals surface area (Å²) in [5.41, 5.74) is 0.523. The Hall–Kier alpha value is -3.10. The highest BCUT2D eigenvalue weighted by atomic mass is 16.2. The van der Waals surface area contributed by atoms with Crippen molar-refractivity contribution in [3.8, 4) is 0 Å². The number of nitrogens with one attached hydrogen (secondary N) is 2. The second-order valence-electron chi connectivity index (χ2n) is 9.78. The molecule has 0 aliphatic carbocycles. The minimum atomic E-state index is -0.944. The van der Waals surface area contributed by atoms with Crippen LogP contribution in [0.3, 0.4) is 0 Å². The fraction of sp³-hybridized carbons (Fsp3) is 0.615. The molecule has 3 atom stereocenters. The maximum Gasteiger partial charge on any atom is 0.261 e. The Kier molecular flexibility index (Phi) is 9.12. The van der Waals surface area contributed by atoms with E-state index in [0.717, 1.165) is 13.0 Å². The first-order chi connectivity index (χ1) is 16.7. The predicted octanol–water partition coefficient (Wildman–Crippen LogP) is 2.59. The SMILES string of the molecule is CCCCCCCC[n+]1cccc(C(=O)N2C3C(=O)NC(NC(=O)C(C)C)=NC3=NC(C)C2C)c1. The highest BCUT2D eigenvalue weighted by Gasteiger charge is 2.45. The van der Waals surface area contributed by atoms with Gasteiger partial charge in [0.05, 0.1) is 12.1 Å². The number of amides is 3. The van der Waals surface area contributed by atoms with E-state index in [9.17, 15) is 14.4 Å². The van der Waals surface area contributed by atoms with E-state index in [0.29, 0.717) is 5.56 Å². The second-order valence-corrected chi connectivity index (χ2v) is 9.78. The van der Waals surface area contributed by atoms with Crippen molar-refractivity contribution in [2.24, 2.45) is 15.9 Å². The molecule has 2 N–H and O–H groups in total. The lowest BCUT2D eigenvalue weighted by Crippen LogP contribution is -2.65. The predicted molar refractivity (Wildman–Crippen MR) is 135 cm³/mol. The van der Waals surface area contributed by atoms with Gasteiger partial charge in [-0.2, -0.15) is 4.99 Å². The number of aryl methyl sites for hydroxylation is 1. The molecule has 0 bridgehead atoms. The largest absolute Gasteiger partial charge is 0.315 e. The van der Waals surface area contributed by atoms with E-state index in [1.54, 1.807) is 24.8 Å². The molecule has 9 nitrogen and oxygen atoms in total. The van der Waals surface area contributed by atoms with Crippen molar-refractivity contribution in [3.05, 3.63) is 30.1 Å². The van der Waals surface area contributed by atoms with Crippen molar-refractivity contribution in [3.63, 3.8) is 0 Å². The molecular weight excluding hydrogens is 444 g/mol. The summed E-state index contributed by atoms with van der Waals surface area (Å²) in [6.45, 7) is 10.4. The molecule has 3 rings (SSSR count). The maximum absolute atomic E-state index is 13.7. The highest BCUT2D eigenvalue weighted by Crippen LogP contribution is 2.24. The van der Waals surface area contributed by atoms with E-state index >= 15 is 0 Å². The van der Waals surface area contributed by atoms with E-state index < -0.39 is 11.9 Å². The monoisotopic (exact) mass is 483 g/mol. The topological polar surface area (TPSA) is 107 Å². The van der Waals surface area contributed by atoms with Crippen LogP contribution in [0.2, 0.25) is 0 Å². The molecule has 1 aromatic heterocycles. The van der Waals surface area contributed by atoms with Crippen molar-refractivity contribution in [2.45, 2.75) is 97.8 Å². The Morgan fingerprint density at radius 1 is 1.17 bits per heavy atom. The van der Waals surface area contributed by atoms with Crippen LogP contribution >= 0.6 is 0 Å². The van der Waals surface area contributed by atoms with Crippen LogP contribution in [0.15, 0.2) is 34.5 Å². The molecule has 0 saturated heterocycles. The van der Waals surface area contributed by atoms with Gasteiger partial charge in [0, 0.05) is 18.4 Å². The number of carbonyl (C=O) groups is 3. The van der Waals surface area contributed by atoms with E-state index in [1.807, 2.05) is 36.9 Å². The molecule has 2 aliphatic rings. The van der Waals surface area contributed by atoms with E-state index in [4.69, 9.17) is 0 Å². The smallest absolute Gasteiger partial charge is 0.261 e. The molecule has 0 spiro atoms. The van der Waals surface area contributed by atoms with Gasteiger partial charge in [-0.15, -0.1) is 0 Å². The number of pyridine rings is 1. The summed E-state index contributed by atoms with van der Waals surface area (Å²) in [6, 6.07) is 2.16. The van der Waals surface area contributed by atoms with Gasteiger partial charge in [0.25, 0.3) is 11.8 Å². The number of nitrogens with zero attached hydrogens (tertiary/aromatic N) is 4. The molecule has 0 fully saturated rings. The van der Waals surface area contributed by atoms with Gasteiger partial charge in [0.2, 0.25) is 11.9 Å². The van der Waals surface area contributed by atoms with Crippen LogP contribution in [0.25, 0.3) is 0 Å². The summed E-state index contributed by atoms with van der Waals surface area (Å²) in [7, 11) is 0. The normalized spacial score (nSPS) is 21.7. The molecule has 9 heteroatoms. The number of aromatic nitrogens is 1. The third kappa shape index (κ3) is 6.52. The van der Waals surface area contributed by atoms with Gasteiger partial charge in [-0.3, -0.25) is 30.0 Å². The quantitative estimate of drug-likeness (QED) is 0.416. The number of unbranched alkanes of at least 4 members (excludes halogenated alkanes) is 5. The Bertz CT molecular complexity index is 1000. The van der Waals surface area contributed by atoms with E-state index in [2.05, 4.69) is 27.5 Å². The molecule has 0 aromatic carbocycles.